The summed E-state index contributed by atoms with van der Waals surface area (Å²) in [4.78, 5) is 17.2. The van der Waals surface area contributed by atoms with Crippen molar-refractivity contribution in [3.63, 3.8) is 0 Å². The first kappa shape index (κ1) is 13.5. The Morgan fingerprint density at radius 1 is 1.14 bits per heavy atom. The van der Waals surface area contributed by atoms with E-state index in [9.17, 15) is 4.79 Å². The van der Waals surface area contributed by atoms with Crippen LogP contribution >= 0.6 is 0 Å². The van der Waals surface area contributed by atoms with Crippen LogP contribution < -0.4 is 16.0 Å². The van der Waals surface area contributed by atoms with E-state index in [1.165, 1.54) is 24.9 Å². The van der Waals surface area contributed by atoms with Gasteiger partial charge in [0.05, 0.1) is 0 Å². The third-order valence-corrected chi connectivity index (χ3v) is 3.80. The molecule has 5 nitrogen and oxygen atoms in total. The van der Waals surface area contributed by atoms with Crippen molar-refractivity contribution in [2.75, 3.05) is 29.0 Å². The van der Waals surface area contributed by atoms with Gasteiger partial charge in [0.25, 0.3) is 5.91 Å². The van der Waals surface area contributed by atoms with Gasteiger partial charge in [-0.3, -0.25) is 4.79 Å². The van der Waals surface area contributed by atoms with E-state index in [0.717, 1.165) is 18.8 Å². The lowest BCUT2D eigenvalue weighted by molar-refractivity contribution is 0.102. The van der Waals surface area contributed by atoms with Crippen LogP contribution in [0.25, 0.3) is 0 Å². The molecule has 0 radical (unpaired) electrons. The highest BCUT2D eigenvalue weighted by Crippen LogP contribution is 2.22. The van der Waals surface area contributed by atoms with Crippen molar-refractivity contribution in [3.8, 4) is 0 Å². The number of piperidine rings is 1. The number of amides is 1. The molecular weight excluding hydrogens is 264 g/mol. The van der Waals surface area contributed by atoms with E-state index in [2.05, 4.69) is 27.3 Å². The first-order valence-corrected chi connectivity index (χ1v) is 7.32. The summed E-state index contributed by atoms with van der Waals surface area (Å²) >= 11 is 0. The van der Waals surface area contributed by atoms with Crippen molar-refractivity contribution in [3.05, 3.63) is 42.2 Å². The van der Waals surface area contributed by atoms with Crippen LogP contribution in [-0.4, -0.2) is 24.0 Å². The molecule has 1 aromatic heterocycles. The third kappa shape index (κ3) is 3.18. The molecule has 3 rings (SSSR count). The van der Waals surface area contributed by atoms with E-state index >= 15 is 0 Å². The third-order valence-electron chi connectivity index (χ3n) is 3.80. The molecule has 4 N–H and O–H groups in total. The maximum Gasteiger partial charge on any atom is 0.272 e. The van der Waals surface area contributed by atoms with Crippen molar-refractivity contribution in [1.82, 2.24) is 4.98 Å². The predicted octanol–water partition coefficient (Wildman–Crippen LogP) is 2.84. The lowest BCUT2D eigenvalue weighted by Crippen LogP contribution is -2.29. The molecule has 5 heteroatoms. The summed E-state index contributed by atoms with van der Waals surface area (Å²) in [6, 6.07) is 9.62. The highest BCUT2D eigenvalue weighted by Gasteiger charge is 2.11. The second kappa shape index (κ2) is 5.91. The number of rotatable bonds is 3. The average molecular weight is 284 g/mol. The summed E-state index contributed by atoms with van der Waals surface area (Å²) in [6.45, 7) is 2.24. The molecule has 1 aliphatic rings. The van der Waals surface area contributed by atoms with Gasteiger partial charge in [-0.15, -0.1) is 0 Å². The molecule has 0 atom stereocenters. The van der Waals surface area contributed by atoms with Crippen molar-refractivity contribution >= 4 is 23.0 Å². The SMILES string of the molecule is Nc1c[nH]c(C(=O)Nc2ccc(N3CCCCC3)cc2)c1. The number of benzene rings is 1. The van der Waals surface area contributed by atoms with E-state index < -0.39 is 0 Å². The lowest BCUT2D eigenvalue weighted by atomic mass is 10.1. The monoisotopic (exact) mass is 284 g/mol. The minimum atomic E-state index is -0.183. The Hall–Kier alpha value is -2.43. The fourth-order valence-corrected chi connectivity index (χ4v) is 2.65. The molecule has 0 saturated carbocycles. The molecule has 0 spiro atoms. The minimum absolute atomic E-state index is 0.183. The number of carbonyl (C=O) groups is 1. The highest BCUT2D eigenvalue weighted by molar-refractivity contribution is 6.03. The van der Waals surface area contributed by atoms with Crippen molar-refractivity contribution in [1.29, 1.82) is 0 Å². The lowest BCUT2D eigenvalue weighted by Gasteiger charge is -2.28. The summed E-state index contributed by atoms with van der Waals surface area (Å²) < 4.78 is 0. The number of hydrogen-bond acceptors (Lipinski definition) is 3. The number of anilines is 3. The van der Waals surface area contributed by atoms with Crippen molar-refractivity contribution < 1.29 is 4.79 Å². The summed E-state index contributed by atoms with van der Waals surface area (Å²) in [5.74, 6) is -0.183. The smallest absolute Gasteiger partial charge is 0.272 e. The Morgan fingerprint density at radius 3 is 2.48 bits per heavy atom. The van der Waals surface area contributed by atoms with Crippen LogP contribution in [0.5, 0.6) is 0 Å². The van der Waals surface area contributed by atoms with Crippen LogP contribution in [0.2, 0.25) is 0 Å². The molecule has 1 saturated heterocycles. The maximum absolute atomic E-state index is 12.0. The van der Waals surface area contributed by atoms with Crippen LogP contribution in [0.15, 0.2) is 36.5 Å². The molecular formula is C16H20N4O. The van der Waals surface area contributed by atoms with E-state index in [1.807, 2.05) is 12.1 Å². The van der Waals surface area contributed by atoms with E-state index in [1.54, 1.807) is 12.3 Å². The van der Waals surface area contributed by atoms with Crippen LogP contribution in [0, 0.1) is 0 Å². The fraction of sp³-hybridized carbons (Fsp3) is 0.312. The van der Waals surface area contributed by atoms with Gasteiger partial charge in [-0.1, -0.05) is 0 Å². The Balaban J connectivity index is 1.65. The van der Waals surface area contributed by atoms with Gasteiger partial charge >= 0.3 is 0 Å². The molecule has 2 heterocycles. The number of nitrogens with one attached hydrogen (secondary N) is 2. The molecule has 0 bridgehead atoms. The number of nitrogens with zero attached hydrogens (tertiary/aromatic N) is 1. The van der Waals surface area contributed by atoms with E-state index in [-0.39, 0.29) is 5.91 Å². The Labute approximate surface area is 124 Å². The normalized spacial score (nSPS) is 15.0. The van der Waals surface area contributed by atoms with Gasteiger partial charge < -0.3 is 20.9 Å². The number of hydrogen-bond donors (Lipinski definition) is 3. The largest absolute Gasteiger partial charge is 0.397 e. The van der Waals surface area contributed by atoms with E-state index in [0.29, 0.717) is 11.4 Å². The highest BCUT2D eigenvalue weighted by atomic mass is 16.1. The molecule has 1 aromatic carbocycles. The molecule has 0 aliphatic carbocycles. The average Bonchev–Trinajstić information content (AvgIpc) is 2.96. The van der Waals surface area contributed by atoms with Crippen LogP contribution in [0.1, 0.15) is 29.8 Å². The van der Waals surface area contributed by atoms with Gasteiger partial charge in [-0.25, -0.2) is 0 Å². The van der Waals surface area contributed by atoms with Gasteiger partial charge in [0, 0.05) is 36.3 Å². The molecule has 0 unspecified atom stereocenters. The summed E-state index contributed by atoms with van der Waals surface area (Å²) in [5, 5.41) is 2.86. The van der Waals surface area contributed by atoms with Gasteiger partial charge in [0.1, 0.15) is 5.69 Å². The number of H-pyrrole nitrogens is 1. The van der Waals surface area contributed by atoms with Gasteiger partial charge in [-0.05, 0) is 49.6 Å². The van der Waals surface area contributed by atoms with Gasteiger partial charge in [0.15, 0.2) is 0 Å². The van der Waals surface area contributed by atoms with Gasteiger partial charge in [0.2, 0.25) is 0 Å². The van der Waals surface area contributed by atoms with Gasteiger partial charge in [-0.2, -0.15) is 0 Å². The number of nitrogen functional groups attached to an aromatic ring is 1. The topological polar surface area (TPSA) is 74.1 Å². The number of aromatic amines is 1. The first-order valence-electron chi connectivity index (χ1n) is 7.32. The van der Waals surface area contributed by atoms with Crippen LogP contribution in [-0.2, 0) is 0 Å². The molecule has 1 fully saturated rings. The van der Waals surface area contributed by atoms with Crippen LogP contribution in [0.3, 0.4) is 0 Å². The number of nitrogens with two attached hydrogens (primary N) is 1. The molecule has 2 aromatic rings. The van der Waals surface area contributed by atoms with Crippen molar-refractivity contribution in [2.24, 2.45) is 0 Å². The molecule has 21 heavy (non-hydrogen) atoms. The summed E-state index contributed by atoms with van der Waals surface area (Å²) in [6.07, 6.45) is 5.44. The standard InChI is InChI=1S/C16H20N4O/c17-12-10-15(18-11-12)16(21)19-13-4-6-14(7-5-13)20-8-2-1-3-9-20/h4-7,10-11,18H,1-3,8-9,17H2,(H,19,21). The quantitative estimate of drug-likeness (QED) is 0.811. The molecule has 1 amide bonds. The first-order chi connectivity index (χ1) is 10.2. The Morgan fingerprint density at radius 2 is 1.86 bits per heavy atom. The predicted molar refractivity (Wildman–Crippen MR) is 85.7 cm³/mol. The number of aromatic nitrogens is 1. The second-order valence-electron chi connectivity index (χ2n) is 5.40. The Bertz CT molecular complexity index is 611. The zero-order valence-corrected chi connectivity index (χ0v) is 11.9. The minimum Gasteiger partial charge on any atom is -0.397 e. The summed E-state index contributed by atoms with van der Waals surface area (Å²) in [7, 11) is 0. The van der Waals surface area contributed by atoms with Crippen molar-refractivity contribution in [2.45, 2.75) is 19.3 Å². The maximum atomic E-state index is 12.0. The molecule has 1 aliphatic heterocycles. The Kier molecular flexibility index (Phi) is 3.81. The zero-order valence-electron chi connectivity index (χ0n) is 11.9. The number of carbonyl (C=O) groups excluding carboxylic acids is 1. The second-order valence-corrected chi connectivity index (χ2v) is 5.40. The van der Waals surface area contributed by atoms with E-state index in [4.69, 9.17) is 5.73 Å². The zero-order chi connectivity index (χ0) is 14.7. The summed E-state index contributed by atoms with van der Waals surface area (Å²) in [5.41, 5.74) is 8.62. The fourth-order valence-electron chi connectivity index (χ4n) is 2.65. The van der Waals surface area contributed by atoms with Crippen LogP contribution in [0.4, 0.5) is 17.1 Å². The molecule has 110 valence electrons.